The van der Waals surface area contributed by atoms with Crippen molar-refractivity contribution >= 4 is 28.5 Å². The van der Waals surface area contributed by atoms with Gasteiger partial charge in [0, 0.05) is 30.8 Å². The molecule has 8 heteroatoms. The van der Waals surface area contributed by atoms with Crippen molar-refractivity contribution < 1.29 is 14.0 Å². The van der Waals surface area contributed by atoms with E-state index in [1.165, 1.54) is 18.2 Å². The van der Waals surface area contributed by atoms with Gasteiger partial charge in [-0.05, 0) is 55.3 Å². The minimum atomic E-state index is -0.352. The van der Waals surface area contributed by atoms with Gasteiger partial charge in [-0.15, -0.1) is 5.10 Å². The SMILES string of the molecule is CCCn1nnc2cc(C(=O)NCCC(=O)Nc3ccc(F)cc3C)ccc21. The Kier molecular flexibility index (Phi) is 5.98. The van der Waals surface area contributed by atoms with Crippen LogP contribution in [-0.2, 0) is 11.3 Å². The van der Waals surface area contributed by atoms with Crippen molar-refractivity contribution in [3.8, 4) is 0 Å². The smallest absolute Gasteiger partial charge is 0.251 e. The van der Waals surface area contributed by atoms with Crippen LogP contribution in [0.5, 0.6) is 0 Å². The fraction of sp³-hybridized carbons (Fsp3) is 0.300. The Morgan fingerprint density at radius 1 is 1.18 bits per heavy atom. The number of hydrogen-bond acceptors (Lipinski definition) is 4. The zero-order valence-electron chi connectivity index (χ0n) is 15.8. The molecule has 146 valence electrons. The molecule has 28 heavy (non-hydrogen) atoms. The van der Waals surface area contributed by atoms with Crippen LogP contribution in [0.25, 0.3) is 11.0 Å². The predicted octanol–water partition coefficient (Wildman–Crippen LogP) is 3.05. The Labute approximate surface area is 161 Å². The van der Waals surface area contributed by atoms with Gasteiger partial charge >= 0.3 is 0 Å². The number of nitrogens with zero attached hydrogens (tertiary/aromatic N) is 3. The molecule has 0 unspecified atom stereocenters. The summed E-state index contributed by atoms with van der Waals surface area (Å²) in [6.07, 6.45) is 1.05. The van der Waals surface area contributed by atoms with Crippen LogP contribution in [-0.4, -0.2) is 33.4 Å². The summed E-state index contributed by atoms with van der Waals surface area (Å²) in [6.45, 7) is 4.73. The highest BCUT2D eigenvalue weighted by Gasteiger charge is 2.11. The third-order valence-corrected chi connectivity index (χ3v) is 4.31. The quantitative estimate of drug-likeness (QED) is 0.656. The molecule has 0 radical (unpaired) electrons. The first-order chi connectivity index (χ1) is 13.5. The van der Waals surface area contributed by atoms with Crippen LogP contribution in [0.1, 0.15) is 35.7 Å². The highest BCUT2D eigenvalue weighted by molar-refractivity contribution is 5.98. The van der Waals surface area contributed by atoms with Crippen LogP contribution in [0.3, 0.4) is 0 Å². The van der Waals surface area contributed by atoms with E-state index in [1.807, 2.05) is 6.07 Å². The van der Waals surface area contributed by atoms with Gasteiger partial charge in [0.25, 0.3) is 5.91 Å². The first kappa shape index (κ1) is 19.5. The molecule has 3 aromatic rings. The van der Waals surface area contributed by atoms with Crippen molar-refractivity contribution in [1.29, 1.82) is 0 Å². The number of fused-ring (bicyclic) bond motifs is 1. The average Bonchev–Trinajstić information content (AvgIpc) is 3.06. The van der Waals surface area contributed by atoms with E-state index >= 15 is 0 Å². The maximum Gasteiger partial charge on any atom is 0.251 e. The Morgan fingerprint density at radius 2 is 2.00 bits per heavy atom. The van der Waals surface area contributed by atoms with Crippen molar-refractivity contribution in [3.63, 3.8) is 0 Å². The largest absolute Gasteiger partial charge is 0.352 e. The molecule has 7 nitrogen and oxygen atoms in total. The summed E-state index contributed by atoms with van der Waals surface area (Å²) in [4.78, 5) is 24.3. The second kappa shape index (κ2) is 8.60. The Bertz CT molecular complexity index is 1010. The number of amides is 2. The van der Waals surface area contributed by atoms with E-state index in [1.54, 1.807) is 23.7 Å². The number of carbonyl (C=O) groups is 2. The molecule has 0 fully saturated rings. The number of halogens is 1. The monoisotopic (exact) mass is 383 g/mol. The van der Waals surface area contributed by atoms with Crippen LogP contribution in [0.2, 0.25) is 0 Å². The summed E-state index contributed by atoms with van der Waals surface area (Å²) in [7, 11) is 0. The van der Waals surface area contributed by atoms with Crippen molar-refractivity contribution in [2.45, 2.75) is 33.2 Å². The summed E-state index contributed by atoms with van der Waals surface area (Å²) < 4.78 is 14.9. The molecule has 0 atom stereocenters. The first-order valence-electron chi connectivity index (χ1n) is 9.15. The Hall–Kier alpha value is -3.29. The van der Waals surface area contributed by atoms with Crippen LogP contribution >= 0.6 is 0 Å². The topological polar surface area (TPSA) is 88.9 Å². The standard InChI is InChI=1S/C20H22FN5O2/c1-3-10-26-18-7-4-14(12-17(18)24-25-26)20(28)22-9-8-19(27)23-16-6-5-15(21)11-13(16)2/h4-7,11-12H,3,8-10H2,1-2H3,(H,22,28)(H,23,27). The molecule has 0 saturated heterocycles. The van der Waals surface area contributed by atoms with E-state index in [0.29, 0.717) is 22.3 Å². The molecule has 2 aromatic carbocycles. The molecule has 1 aromatic heterocycles. The number of benzene rings is 2. The summed E-state index contributed by atoms with van der Waals surface area (Å²) in [6, 6.07) is 9.38. The molecule has 0 aliphatic carbocycles. The van der Waals surface area contributed by atoms with E-state index in [2.05, 4.69) is 27.9 Å². The van der Waals surface area contributed by atoms with Crippen LogP contribution in [0.15, 0.2) is 36.4 Å². The van der Waals surface area contributed by atoms with Gasteiger partial charge in [-0.2, -0.15) is 0 Å². The second-order valence-electron chi connectivity index (χ2n) is 6.53. The second-order valence-corrected chi connectivity index (χ2v) is 6.53. The third-order valence-electron chi connectivity index (χ3n) is 4.31. The van der Waals surface area contributed by atoms with Crippen molar-refractivity contribution in [1.82, 2.24) is 20.3 Å². The molecular formula is C20H22FN5O2. The van der Waals surface area contributed by atoms with Crippen LogP contribution in [0.4, 0.5) is 10.1 Å². The third kappa shape index (κ3) is 4.51. The predicted molar refractivity (Wildman–Crippen MR) is 105 cm³/mol. The van der Waals surface area contributed by atoms with Gasteiger partial charge in [-0.25, -0.2) is 9.07 Å². The van der Waals surface area contributed by atoms with E-state index in [4.69, 9.17) is 0 Å². The molecule has 0 saturated carbocycles. The zero-order valence-corrected chi connectivity index (χ0v) is 15.8. The summed E-state index contributed by atoms with van der Waals surface area (Å²) in [5.41, 5.74) is 3.20. The van der Waals surface area contributed by atoms with Gasteiger partial charge in [-0.3, -0.25) is 9.59 Å². The minimum absolute atomic E-state index is 0.109. The van der Waals surface area contributed by atoms with E-state index in [0.717, 1.165) is 18.5 Å². The van der Waals surface area contributed by atoms with Crippen LogP contribution in [0, 0.1) is 12.7 Å². The van der Waals surface area contributed by atoms with Gasteiger partial charge in [0.1, 0.15) is 11.3 Å². The van der Waals surface area contributed by atoms with E-state index in [-0.39, 0.29) is 30.6 Å². The summed E-state index contributed by atoms with van der Waals surface area (Å²) in [5, 5.41) is 13.6. The molecule has 2 N–H and O–H groups in total. The fourth-order valence-electron chi connectivity index (χ4n) is 2.86. The molecule has 0 bridgehead atoms. The lowest BCUT2D eigenvalue weighted by molar-refractivity contribution is -0.116. The lowest BCUT2D eigenvalue weighted by Gasteiger charge is -2.09. The maximum atomic E-state index is 13.1. The Balaban J connectivity index is 1.53. The number of hydrogen-bond donors (Lipinski definition) is 2. The lowest BCUT2D eigenvalue weighted by atomic mass is 10.2. The molecule has 0 spiro atoms. The van der Waals surface area contributed by atoms with Gasteiger partial charge in [0.05, 0.1) is 5.52 Å². The highest BCUT2D eigenvalue weighted by Crippen LogP contribution is 2.16. The number of rotatable bonds is 7. The fourth-order valence-corrected chi connectivity index (χ4v) is 2.86. The maximum absolute atomic E-state index is 13.1. The van der Waals surface area contributed by atoms with Crippen molar-refractivity contribution in [3.05, 3.63) is 53.3 Å². The van der Waals surface area contributed by atoms with Crippen LogP contribution < -0.4 is 10.6 Å². The Morgan fingerprint density at radius 3 is 2.75 bits per heavy atom. The molecule has 0 aliphatic rings. The van der Waals surface area contributed by atoms with Gasteiger partial charge in [0.2, 0.25) is 5.91 Å². The number of carbonyl (C=O) groups excluding carboxylic acids is 2. The summed E-state index contributed by atoms with van der Waals surface area (Å²) in [5.74, 6) is -0.889. The number of anilines is 1. The first-order valence-corrected chi connectivity index (χ1v) is 9.15. The van der Waals surface area contributed by atoms with E-state index < -0.39 is 0 Å². The highest BCUT2D eigenvalue weighted by atomic mass is 19.1. The van der Waals surface area contributed by atoms with Crippen molar-refractivity contribution in [2.24, 2.45) is 0 Å². The minimum Gasteiger partial charge on any atom is -0.352 e. The summed E-state index contributed by atoms with van der Waals surface area (Å²) >= 11 is 0. The zero-order chi connectivity index (χ0) is 20.1. The van der Waals surface area contributed by atoms with Gasteiger partial charge in [-0.1, -0.05) is 12.1 Å². The van der Waals surface area contributed by atoms with Crippen molar-refractivity contribution in [2.75, 3.05) is 11.9 Å². The number of aryl methyl sites for hydroxylation is 2. The normalized spacial score (nSPS) is 10.8. The van der Waals surface area contributed by atoms with E-state index in [9.17, 15) is 14.0 Å². The number of aromatic nitrogens is 3. The molecular weight excluding hydrogens is 361 g/mol. The molecule has 1 heterocycles. The number of nitrogens with one attached hydrogen (secondary N) is 2. The molecule has 0 aliphatic heterocycles. The molecule has 2 amide bonds. The van der Waals surface area contributed by atoms with Gasteiger partial charge < -0.3 is 10.6 Å². The molecule has 3 rings (SSSR count). The lowest BCUT2D eigenvalue weighted by Crippen LogP contribution is -2.27. The average molecular weight is 383 g/mol. The van der Waals surface area contributed by atoms with Gasteiger partial charge in [0.15, 0.2) is 0 Å².